The average Bonchev–Trinajstić information content (AvgIpc) is 2.86. The van der Waals surface area contributed by atoms with E-state index in [1.54, 1.807) is 0 Å². The van der Waals surface area contributed by atoms with Gasteiger partial charge in [-0.1, -0.05) is 52.0 Å². The first-order chi connectivity index (χ1) is 18.4. The summed E-state index contributed by atoms with van der Waals surface area (Å²) in [4.78, 5) is 17.3. The van der Waals surface area contributed by atoms with Crippen LogP contribution in [-0.4, -0.2) is 39.9 Å². The molecule has 0 saturated heterocycles. The van der Waals surface area contributed by atoms with Crippen LogP contribution in [0.2, 0.25) is 0 Å². The molecule has 9 heteroatoms. The lowest BCUT2D eigenvalue weighted by Gasteiger charge is -2.26. The number of halogens is 2. The number of aromatic hydroxyl groups is 1. The molecule has 3 aromatic rings. The molecule has 5 N–H and O–H groups in total. The molecule has 7 nitrogen and oxygen atoms in total. The molecule has 1 heterocycles. The number of aliphatic hydroxyl groups is 1. The fourth-order valence-corrected chi connectivity index (χ4v) is 4.14. The van der Waals surface area contributed by atoms with Crippen molar-refractivity contribution in [3.63, 3.8) is 0 Å². The smallest absolute Gasteiger partial charge is 0.361 e. The van der Waals surface area contributed by atoms with E-state index in [-0.39, 0.29) is 24.4 Å². The molecule has 0 bridgehead atoms. The Hall–Kier alpha value is -3.40. The number of pyridine rings is 1. The maximum atomic E-state index is 13.8. The molecule has 0 saturated carbocycles. The molecule has 3 atom stereocenters. The molecule has 0 radical (unpaired) electrons. The maximum absolute atomic E-state index is 13.8. The van der Waals surface area contributed by atoms with E-state index >= 15 is 0 Å². The zero-order chi connectivity index (χ0) is 28.7. The van der Waals surface area contributed by atoms with Crippen LogP contribution < -0.4 is 11.1 Å². The molecule has 0 fully saturated rings. The minimum Gasteiger partial charge on any atom is -0.505 e. The van der Waals surface area contributed by atoms with Gasteiger partial charge in [0.1, 0.15) is 29.6 Å². The average molecular weight is 542 g/mol. The minimum atomic E-state index is -0.994. The maximum Gasteiger partial charge on any atom is 0.361 e. The van der Waals surface area contributed by atoms with Gasteiger partial charge < -0.3 is 26.0 Å². The van der Waals surface area contributed by atoms with Gasteiger partial charge >= 0.3 is 5.97 Å². The Morgan fingerprint density at radius 2 is 1.72 bits per heavy atom. The zero-order valence-corrected chi connectivity index (χ0v) is 22.7. The Morgan fingerprint density at radius 1 is 1.05 bits per heavy atom. The van der Waals surface area contributed by atoms with Gasteiger partial charge in [-0.25, -0.2) is 18.6 Å². The highest BCUT2D eigenvalue weighted by Gasteiger charge is 2.29. The van der Waals surface area contributed by atoms with Gasteiger partial charge in [-0.05, 0) is 59.2 Å². The van der Waals surface area contributed by atoms with E-state index in [4.69, 9.17) is 10.5 Å². The number of carbonyl (C=O) groups excluding carboxylic acids is 1. The van der Waals surface area contributed by atoms with Gasteiger partial charge in [-0.3, -0.25) is 0 Å². The Bertz CT molecular complexity index is 1260. The third-order valence-electron chi connectivity index (χ3n) is 6.39. The van der Waals surface area contributed by atoms with Crippen molar-refractivity contribution in [2.45, 2.75) is 65.3 Å². The molecular weight excluding hydrogens is 504 g/mol. The van der Waals surface area contributed by atoms with Gasteiger partial charge in [0.25, 0.3) is 0 Å². The van der Waals surface area contributed by atoms with Crippen LogP contribution in [0.3, 0.4) is 0 Å². The van der Waals surface area contributed by atoms with E-state index in [1.807, 2.05) is 39.0 Å². The topological polar surface area (TPSA) is 118 Å². The lowest BCUT2D eigenvalue weighted by atomic mass is 9.87. The molecular formula is C30H37F2N3O4. The van der Waals surface area contributed by atoms with Crippen LogP contribution in [0.4, 0.5) is 8.78 Å². The molecule has 3 rings (SSSR count). The lowest BCUT2D eigenvalue weighted by Crippen LogP contribution is -2.46. The molecule has 210 valence electrons. The van der Waals surface area contributed by atoms with Crippen molar-refractivity contribution in [1.82, 2.24) is 10.3 Å². The summed E-state index contributed by atoms with van der Waals surface area (Å²) < 4.78 is 33.2. The van der Waals surface area contributed by atoms with Crippen molar-refractivity contribution in [2.75, 3.05) is 6.54 Å². The minimum absolute atomic E-state index is 0.0296. The predicted octanol–water partition coefficient (Wildman–Crippen LogP) is 4.59. The van der Waals surface area contributed by atoms with Crippen molar-refractivity contribution < 1.29 is 28.5 Å². The van der Waals surface area contributed by atoms with Crippen LogP contribution in [0.15, 0.2) is 54.6 Å². The summed E-state index contributed by atoms with van der Waals surface area (Å²) in [6.07, 6.45) is -1.01. The number of nitrogens with zero attached hydrogens (tertiary/aromatic N) is 1. The van der Waals surface area contributed by atoms with Crippen molar-refractivity contribution in [1.29, 1.82) is 0 Å². The number of hydrogen-bond donors (Lipinski definition) is 4. The Morgan fingerprint density at radius 3 is 2.36 bits per heavy atom. The van der Waals surface area contributed by atoms with Crippen LogP contribution >= 0.6 is 0 Å². The lowest BCUT2D eigenvalue weighted by molar-refractivity contribution is 0.0223. The number of esters is 1. The normalized spacial score (nSPS) is 14.1. The molecule has 1 aromatic heterocycles. The van der Waals surface area contributed by atoms with E-state index in [0.717, 1.165) is 18.1 Å². The van der Waals surface area contributed by atoms with E-state index < -0.39 is 47.0 Å². The van der Waals surface area contributed by atoms with Gasteiger partial charge in [0, 0.05) is 25.2 Å². The van der Waals surface area contributed by atoms with E-state index in [9.17, 15) is 23.8 Å². The molecule has 0 spiro atoms. The number of aryl methyl sites for hydroxylation is 1. The van der Waals surface area contributed by atoms with Gasteiger partial charge in [0.15, 0.2) is 5.69 Å². The van der Waals surface area contributed by atoms with Crippen LogP contribution in [0.25, 0.3) is 0 Å². The molecule has 2 aromatic carbocycles. The fourth-order valence-electron chi connectivity index (χ4n) is 4.14. The largest absolute Gasteiger partial charge is 0.505 e. The second-order valence-corrected chi connectivity index (χ2v) is 10.8. The predicted molar refractivity (Wildman–Crippen MR) is 145 cm³/mol. The molecule has 39 heavy (non-hydrogen) atoms. The number of ether oxygens (including phenoxy) is 1. The third kappa shape index (κ3) is 8.54. The van der Waals surface area contributed by atoms with Gasteiger partial charge in [-0.15, -0.1) is 0 Å². The second kappa shape index (κ2) is 13.1. The van der Waals surface area contributed by atoms with E-state index in [2.05, 4.69) is 23.3 Å². The Balaban J connectivity index is 1.81. The van der Waals surface area contributed by atoms with Crippen LogP contribution in [0.5, 0.6) is 5.75 Å². The molecule has 0 aliphatic carbocycles. The number of rotatable bonds is 11. The summed E-state index contributed by atoms with van der Waals surface area (Å²) in [5.41, 5.74) is 8.20. The highest BCUT2D eigenvalue weighted by Crippen LogP contribution is 2.32. The van der Waals surface area contributed by atoms with Gasteiger partial charge in [0.05, 0.1) is 5.69 Å². The summed E-state index contributed by atoms with van der Waals surface area (Å²) in [7, 11) is 0. The zero-order valence-electron chi connectivity index (χ0n) is 22.7. The number of aliphatic hydroxyl groups excluding tert-OH is 1. The summed E-state index contributed by atoms with van der Waals surface area (Å²) in [5.74, 6) is -2.81. The quantitative estimate of drug-likeness (QED) is 0.262. The number of nitrogens with one attached hydrogen (secondary N) is 1. The summed E-state index contributed by atoms with van der Waals surface area (Å²) >= 11 is 0. The highest BCUT2D eigenvalue weighted by molar-refractivity contribution is 5.90. The standard InChI is InChI=1S/C30H37F2N3O4/c1-5-18-7-6-8-19(11-18)16-34-17-26(23(33)14-20-12-21(31)15-22(32)13-20)39-29(38)27-25(36)10-9-24(35-27)28(37)30(2,3)4/h6-13,15,23,26,28,34,36-37H,5,14,16-17,33H2,1-4H3/t23-,26+,28?/m0/s1. The van der Waals surface area contributed by atoms with Gasteiger partial charge in [-0.2, -0.15) is 0 Å². The highest BCUT2D eigenvalue weighted by atomic mass is 19.1. The van der Waals surface area contributed by atoms with Crippen LogP contribution in [-0.2, 0) is 24.1 Å². The van der Waals surface area contributed by atoms with Crippen molar-refractivity contribution in [2.24, 2.45) is 11.1 Å². The molecule has 0 amide bonds. The first-order valence-corrected chi connectivity index (χ1v) is 13.0. The van der Waals surface area contributed by atoms with E-state index in [1.165, 1.54) is 29.8 Å². The van der Waals surface area contributed by atoms with Crippen molar-refractivity contribution >= 4 is 5.97 Å². The van der Waals surface area contributed by atoms with E-state index in [0.29, 0.717) is 12.1 Å². The number of nitrogens with two attached hydrogens (primary N) is 1. The molecule has 0 aliphatic heterocycles. The van der Waals surface area contributed by atoms with Gasteiger partial charge in [0.2, 0.25) is 0 Å². The van der Waals surface area contributed by atoms with Crippen LogP contribution in [0, 0.1) is 17.0 Å². The summed E-state index contributed by atoms with van der Waals surface area (Å²) in [5, 5.41) is 24.2. The third-order valence-corrected chi connectivity index (χ3v) is 6.39. The first kappa shape index (κ1) is 30.1. The summed E-state index contributed by atoms with van der Waals surface area (Å²) in [6, 6.07) is 13.0. The Labute approximate surface area is 228 Å². The second-order valence-electron chi connectivity index (χ2n) is 10.8. The number of benzene rings is 2. The number of hydrogen-bond acceptors (Lipinski definition) is 7. The SMILES string of the molecule is CCc1cccc(CNC[C@@H](OC(=O)c2nc(C(O)C(C)(C)C)ccc2O)[C@@H](N)Cc2cc(F)cc(F)c2)c1. The monoisotopic (exact) mass is 541 g/mol. The van der Waals surface area contributed by atoms with Crippen LogP contribution in [0.1, 0.15) is 66.7 Å². The van der Waals surface area contributed by atoms with Crippen molar-refractivity contribution in [3.05, 3.63) is 94.3 Å². The fraction of sp³-hybridized carbons (Fsp3) is 0.400. The summed E-state index contributed by atoms with van der Waals surface area (Å²) in [6.45, 7) is 8.12. The molecule has 0 aliphatic rings. The molecule has 1 unspecified atom stereocenters. The Kier molecular flexibility index (Phi) is 10.1. The number of aromatic nitrogens is 1. The number of carbonyl (C=O) groups is 1. The first-order valence-electron chi connectivity index (χ1n) is 13.0. The van der Waals surface area contributed by atoms with Crippen molar-refractivity contribution in [3.8, 4) is 5.75 Å².